The van der Waals surface area contributed by atoms with E-state index in [9.17, 15) is 17.6 Å². The monoisotopic (exact) mass is 302 g/mol. The van der Waals surface area contributed by atoms with Crippen molar-refractivity contribution in [1.29, 1.82) is 0 Å². The lowest BCUT2D eigenvalue weighted by molar-refractivity contribution is -0.198. The third kappa shape index (κ3) is 3.60. The highest BCUT2D eigenvalue weighted by Gasteiger charge is 2.37. The zero-order valence-electron chi connectivity index (χ0n) is 7.72. The normalized spacial score (nSPS) is 13.6. The summed E-state index contributed by atoms with van der Waals surface area (Å²) >= 11 is 2.95. The first-order valence-electron chi connectivity index (χ1n) is 4.10. The molecule has 0 aliphatic carbocycles. The van der Waals surface area contributed by atoms with Gasteiger partial charge in [-0.1, -0.05) is 0 Å². The predicted molar refractivity (Wildman–Crippen MR) is 52.4 cm³/mol. The minimum absolute atomic E-state index is 0.341. The maximum atomic E-state index is 13.1. The number of anilines is 1. The molecule has 8 heteroatoms. The molecule has 0 saturated heterocycles. The first-order valence-corrected chi connectivity index (χ1v) is 4.89. The second-order valence-electron chi connectivity index (χ2n) is 2.92. The highest BCUT2D eigenvalue weighted by molar-refractivity contribution is 9.10. The first kappa shape index (κ1) is 13.2. The fourth-order valence-corrected chi connectivity index (χ4v) is 1.16. The zero-order valence-corrected chi connectivity index (χ0v) is 9.31. The van der Waals surface area contributed by atoms with Gasteiger partial charge < -0.3 is 10.4 Å². The van der Waals surface area contributed by atoms with Gasteiger partial charge in [0, 0.05) is 10.7 Å². The summed E-state index contributed by atoms with van der Waals surface area (Å²) in [6.07, 6.45) is -6.07. The van der Waals surface area contributed by atoms with Crippen molar-refractivity contribution in [1.82, 2.24) is 4.98 Å². The van der Waals surface area contributed by atoms with Crippen LogP contribution < -0.4 is 5.32 Å². The van der Waals surface area contributed by atoms with Gasteiger partial charge in [-0.05, 0) is 22.0 Å². The maximum absolute atomic E-state index is 13.1. The summed E-state index contributed by atoms with van der Waals surface area (Å²) in [5.41, 5.74) is 0. The van der Waals surface area contributed by atoms with Crippen LogP contribution in [0.1, 0.15) is 0 Å². The van der Waals surface area contributed by atoms with Crippen molar-refractivity contribution in [3.05, 3.63) is 22.6 Å². The van der Waals surface area contributed by atoms with Gasteiger partial charge in [0.15, 0.2) is 17.7 Å². The molecule has 1 rings (SSSR count). The van der Waals surface area contributed by atoms with Gasteiger partial charge >= 0.3 is 6.18 Å². The summed E-state index contributed by atoms with van der Waals surface area (Å²) in [7, 11) is 0. The van der Waals surface area contributed by atoms with E-state index in [4.69, 9.17) is 5.11 Å². The number of pyridine rings is 1. The minimum Gasteiger partial charge on any atom is -0.382 e. The van der Waals surface area contributed by atoms with Gasteiger partial charge in [0.2, 0.25) is 0 Å². The van der Waals surface area contributed by atoms with Crippen LogP contribution in [-0.4, -0.2) is 28.9 Å². The molecule has 0 bridgehead atoms. The number of aliphatic hydroxyl groups is 1. The van der Waals surface area contributed by atoms with Crippen molar-refractivity contribution in [3.63, 3.8) is 0 Å². The number of rotatable bonds is 3. The molecule has 0 aromatic carbocycles. The summed E-state index contributed by atoms with van der Waals surface area (Å²) in [5.74, 6) is -1.14. The lowest BCUT2D eigenvalue weighted by atomic mass is 10.3. The van der Waals surface area contributed by atoms with E-state index in [1.807, 2.05) is 0 Å². The molecule has 1 aromatic heterocycles. The van der Waals surface area contributed by atoms with Crippen LogP contribution in [0.5, 0.6) is 0 Å². The van der Waals surface area contributed by atoms with Crippen LogP contribution in [-0.2, 0) is 0 Å². The van der Waals surface area contributed by atoms with Gasteiger partial charge in [-0.15, -0.1) is 0 Å². The van der Waals surface area contributed by atoms with Gasteiger partial charge in [0.25, 0.3) is 0 Å². The van der Waals surface area contributed by atoms with E-state index in [0.717, 1.165) is 6.07 Å². The molecular formula is C8H7BrF4N2O. The fourth-order valence-electron chi connectivity index (χ4n) is 0.854. The Hall–Kier alpha value is -0.890. The van der Waals surface area contributed by atoms with Crippen molar-refractivity contribution in [2.45, 2.75) is 12.3 Å². The molecule has 0 spiro atoms. The van der Waals surface area contributed by atoms with Crippen LogP contribution >= 0.6 is 15.9 Å². The van der Waals surface area contributed by atoms with Gasteiger partial charge in [-0.3, -0.25) is 0 Å². The van der Waals surface area contributed by atoms with E-state index in [1.54, 1.807) is 0 Å². The minimum atomic E-state index is -4.74. The summed E-state index contributed by atoms with van der Waals surface area (Å²) < 4.78 is 49.2. The van der Waals surface area contributed by atoms with E-state index >= 15 is 0 Å². The molecule has 3 nitrogen and oxygen atoms in total. The number of halogens is 5. The van der Waals surface area contributed by atoms with E-state index in [1.165, 1.54) is 6.20 Å². The van der Waals surface area contributed by atoms with Gasteiger partial charge in [0.05, 0.1) is 6.54 Å². The number of aromatic nitrogens is 1. The van der Waals surface area contributed by atoms with Gasteiger partial charge in [-0.2, -0.15) is 13.2 Å². The lowest BCUT2D eigenvalue weighted by Crippen LogP contribution is -2.35. The third-order valence-corrected chi connectivity index (χ3v) is 2.08. The topological polar surface area (TPSA) is 45.1 Å². The standard InChI is InChI=1S/C8H7BrF4N2O/c9-4-1-5(10)7(14-2-4)15-3-6(16)8(11,12)13/h1-2,6,16H,3H2,(H,14,15). The molecule has 90 valence electrons. The molecule has 1 unspecified atom stereocenters. The van der Waals surface area contributed by atoms with Crippen molar-refractivity contribution in [3.8, 4) is 0 Å². The molecule has 1 atom stereocenters. The zero-order chi connectivity index (χ0) is 12.3. The molecule has 0 fully saturated rings. The summed E-state index contributed by atoms with van der Waals surface area (Å²) in [6, 6.07) is 1.05. The summed E-state index contributed by atoms with van der Waals surface area (Å²) in [6.45, 7) is -0.852. The molecule has 0 saturated carbocycles. The van der Waals surface area contributed by atoms with Crippen LogP contribution in [0.15, 0.2) is 16.7 Å². The van der Waals surface area contributed by atoms with Crippen molar-refractivity contribution in [2.75, 3.05) is 11.9 Å². The Balaban J connectivity index is 2.62. The molecule has 0 radical (unpaired) electrons. The SMILES string of the molecule is OC(CNc1ncc(Br)cc1F)C(F)(F)F. The van der Waals surface area contributed by atoms with Crippen LogP contribution in [0, 0.1) is 5.82 Å². The van der Waals surface area contributed by atoms with Crippen LogP contribution in [0.3, 0.4) is 0 Å². The first-order chi connectivity index (χ1) is 7.30. The molecule has 0 aliphatic heterocycles. The van der Waals surface area contributed by atoms with Crippen LogP contribution in [0.25, 0.3) is 0 Å². The number of aliphatic hydroxyl groups excluding tert-OH is 1. The molecule has 1 heterocycles. The average Bonchev–Trinajstić information content (AvgIpc) is 2.14. The number of alkyl halides is 3. The van der Waals surface area contributed by atoms with E-state index in [0.29, 0.717) is 4.47 Å². The molecule has 2 N–H and O–H groups in total. The highest BCUT2D eigenvalue weighted by Crippen LogP contribution is 2.21. The number of hydrogen-bond acceptors (Lipinski definition) is 3. The maximum Gasteiger partial charge on any atom is 0.416 e. The Labute approximate surface area is 96.6 Å². The second-order valence-corrected chi connectivity index (χ2v) is 3.84. The molecule has 0 aliphatic rings. The Morgan fingerprint density at radius 3 is 2.62 bits per heavy atom. The van der Waals surface area contributed by atoms with Crippen LogP contribution in [0.2, 0.25) is 0 Å². The number of nitrogens with zero attached hydrogens (tertiary/aromatic N) is 1. The fraction of sp³-hybridized carbons (Fsp3) is 0.375. The van der Waals surface area contributed by atoms with Crippen LogP contribution in [0.4, 0.5) is 23.4 Å². The molecule has 0 amide bonds. The number of nitrogens with one attached hydrogen (secondary N) is 1. The van der Waals surface area contributed by atoms with Crippen molar-refractivity contribution in [2.24, 2.45) is 0 Å². The predicted octanol–water partition coefficient (Wildman–Crippen LogP) is 2.32. The smallest absolute Gasteiger partial charge is 0.382 e. The molecule has 1 aromatic rings. The van der Waals surface area contributed by atoms with Gasteiger partial charge in [-0.25, -0.2) is 9.37 Å². The van der Waals surface area contributed by atoms with Crippen molar-refractivity contribution < 1.29 is 22.7 Å². The van der Waals surface area contributed by atoms with Gasteiger partial charge in [0.1, 0.15) is 0 Å². The molecule has 16 heavy (non-hydrogen) atoms. The summed E-state index contributed by atoms with van der Waals surface area (Å²) in [4.78, 5) is 3.52. The highest BCUT2D eigenvalue weighted by atomic mass is 79.9. The quantitative estimate of drug-likeness (QED) is 0.842. The summed E-state index contributed by atoms with van der Waals surface area (Å²) in [5, 5.41) is 10.7. The average molecular weight is 303 g/mol. The molecular weight excluding hydrogens is 296 g/mol. The van der Waals surface area contributed by atoms with E-state index in [2.05, 4.69) is 26.2 Å². The Kier molecular flexibility index (Phi) is 4.09. The van der Waals surface area contributed by atoms with E-state index in [-0.39, 0.29) is 5.82 Å². The second kappa shape index (κ2) is 4.96. The third-order valence-electron chi connectivity index (χ3n) is 1.65. The number of hydrogen-bond donors (Lipinski definition) is 2. The Bertz CT molecular complexity index is 372. The Morgan fingerprint density at radius 1 is 1.50 bits per heavy atom. The Morgan fingerprint density at radius 2 is 2.12 bits per heavy atom. The lowest BCUT2D eigenvalue weighted by Gasteiger charge is -2.15. The van der Waals surface area contributed by atoms with Crippen molar-refractivity contribution >= 4 is 21.7 Å². The largest absolute Gasteiger partial charge is 0.416 e. The van der Waals surface area contributed by atoms with E-state index < -0.39 is 24.6 Å².